The molecular weight excluding hydrogens is 450 g/mol. The van der Waals surface area contributed by atoms with Crippen molar-refractivity contribution in [1.82, 2.24) is 14.2 Å². The van der Waals surface area contributed by atoms with Crippen LogP contribution in [0.25, 0.3) is 0 Å². The summed E-state index contributed by atoms with van der Waals surface area (Å²) < 4.78 is 28.4. The monoisotopic (exact) mass is 481 g/mol. The number of aromatic nitrogens is 1. The van der Waals surface area contributed by atoms with Crippen LogP contribution in [0.1, 0.15) is 46.8 Å². The summed E-state index contributed by atoms with van der Waals surface area (Å²) in [4.78, 5) is 21.7. The van der Waals surface area contributed by atoms with Gasteiger partial charge in [-0.1, -0.05) is 6.92 Å². The van der Waals surface area contributed by atoms with E-state index in [1.807, 2.05) is 11.8 Å². The van der Waals surface area contributed by atoms with E-state index in [9.17, 15) is 18.5 Å². The van der Waals surface area contributed by atoms with Crippen molar-refractivity contribution in [3.8, 4) is 6.07 Å². The number of rotatable bonds is 4. The van der Waals surface area contributed by atoms with Gasteiger partial charge in [0.05, 0.1) is 10.5 Å². The van der Waals surface area contributed by atoms with E-state index in [1.165, 1.54) is 0 Å². The number of piperidine rings is 1. The number of piperazine rings is 1. The quantitative estimate of drug-likeness (QED) is 0.666. The molecular formula is C25H31N5O3S. The predicted molar refractivity (Wildman–Crippen MR) is 130 cm³/mol. The Morgan fingerprint density at radius 1 is 1.09 bits per heavy atom. The molecule has 180 valence electrons. The molecule has 1 aromatic carbocycles. The number of pyridine rings is 1. The van der Waals surface area contributed by atoms with Gasteiger partial charge in [-0.25, -0.2) is 13.4 Å². The van der Waals surface area contributed by atoms with Crippen molar-refractivity contribution in [2.24, 2.45) is 5.92 Å². The fourth-order valence-corrected chi connectivity index (χ4v) is 6.42. The lowest BCUT2D eigenvalue weighted by Gasteiger charge is -2.36. The molecule has 34 heavy (non-hydrogen) atoms. The summed E-state index contributed by atoms with van der Waals surface area (Å²) in [5, 5.41) is 9.35. The zero-order valence-corrected chi connectivity index (χ0v) is 20.8. The van der Waals surface area contributed by atoms with Crippen LogP contribution in [0.15, 0.2) is 35.4 Å². The predicted octanol–water partition coefficient (Wildman–Crippen LogP) is 2.95. The highest BCUT2D eigenvalue weighted by Gasteiger charge is 2.31. The molecule has 2 aromatic rings. The van der Waals surface area contributed by atoms with E-state index >= 15 is 0 Å². The second-order valence-corrected chi connectivity index (χ2v) is 11.2. The first-order valence-corrected chi connectivity index (χ1v) is 13.2. The van der Waals surface area contributed by atoms with Gasteiger partial charge in [-0.2, -0.15) is 9.57 Å². The molecule has 3 heterocycles. The molecule has 0 bridgehead atoms. The van der Waals surface area contributed by atoms with Crippen LogP contribution in [-0.2, 0) is 10.0 Å². The number of amides is 1. The van der Waals surface area contributed by atoms with Crippen LogP contribution >= 0.6 is 0 Å². The van der Waals surface area contributed by atoms with E-state index in [0.29, 0.717) is 67.7 Å². The average molecular weight is 482 g/mol. The van der Waals surface area contributed by atoms with Crippen molar-refractivity contribution < 1.29 is 13.2 Å². The average Bonchev–Trinajstić information content (AvgIpc) is 2.85. The molecule has 1 aromatic heterocycles. The van der Waals surface area contributed by atoms with Crippen LogP contribution in [0.4, 0.5) is 5.82 Å². The third-order valence-electron chi connectivity index (χ3n) is 7.00. The first-order valence-electron chi connectivity index (χ1n) is 11.7. The van der Waals surface area contributed by atoms with Gasteiger partial charge in [0.25, 0.3) is 5.91 Å². The number of hydrogen-bond donors (Lipinski definition) is 0. The fourth-order valence-electron chi connectivity index (χ4n) is 4.62. The summed E-state index contributed by atoms with van der Waals surface area (Å²) in [5.74, 6) is 0.983. The number of benzene rings is 1. The molecule has 9 heteroatoms. The second kappa shape index (κ2) is 9.72. The molecule has 0 radical (unpaired) electrons. The van der Waals surface area contributed by atoms with Crippen molar-refractivity contribution in [3.05, 3.63) is 52.7 Å². The summed E-state index contributed by atoms with van der Waals surface area (Å²) in [7, 11) is -3.66. The molecule has 2 aliphatic heterocycles. The van der Waals surface area contributed by atoms with Gasteiger partial charge < -0.3 is 9.80 Å². The number of nitriles is 1. The molecule has 0 N–H and O–H groups in total. The molecule has 0 saturated carbocycles. The number of carbonyl (C=O) groups excluding carboxylic acids is 1. The zero-order chi connectivity index (χ0) is 24.5. The van der Waals surface area contributed by atoms with Crippen LogP contribution < -0.4 is 4.90 Å². The minimum atomic E-state index is -3.66. The molecule has 0 unspecified atom stereocenters. The molecule has 4 rings (SSSR count). The lowest BCUT2D eigenvalue weighted by atomic mass is 10.0. The summed E-state index contributed by atoms with van der Waals surface area (Å²) in [6.07, 6.45) is 3.36. The van der Waals surface area contributed by atoms with Crippen LogP contribution in [0.5, 0.6) is 0 Å². The molecule has 0 aliphatic carbocycles. The Hall–Kier alpha value is -2.96. The van der Waals surface area contributed by atoms with Gasteiger partial charge in [-0.15, -0.1) is 0 Å². The van der Waals surface area contributed by atoms with Crippen LogP contribution in [0.3, 0.4) is 0 Å². The van der Waals surface area contributed by atoms with E-state index in [2.05, 4.69) is 18.0 Å². The highest BCUT2D eigenvalue weighted by atomic mass is 32.2. The van der Waals surface area contributed by atoms with Crippen molar-refractivity contribution in [3.63, 3.8) is 0 Å². The molecule has 0 atom stereocenters. The lowest BCUT2D eigenvalue weighted by Crippen LogP contribution is -2.49. The lowest BCUT2D eigenvalue weighted by molar-refractivity contribution is 0.0746. The van der Waals surface area contributed by atoms with Gasteiger partial charge in [0.15, 0.2) is 0 Å². The Labute approximate surface area is 201 Å². The third-order valence-corrected chi connectivity index (χ3v) is 9.03. The number of carbonyl (C=O) groups is 1. The Bertz CT molecular complexity index is 1220. The fraction of sp³-hybridized carbons (Fsp3) is 0.480. The Kier molecular flexibility index (Phi) is 6.91. The SMILES string of the molecule is Cc1cc(C(=O)N2CCN(c3ncccc3C#N)CC2)cc(S(=O)(=O)N2CCC(C)CC2)c1C. The molecule has 1 amide bonds. The third kappa shape index (κ3) is 4.65. The minimum Gasteiger partial charge on any atom is -0.352 e. The maximum absolute atomic E-state index is 13.4. The van der Waals surface area contributed by atoms with Gasteiger partial charge in [-0.3, -0.25) is 4.79 Å². The molecule has 2 saturated heterocycles. The van der Waals surface area contributed by atoms with Gasteiger partial charge in [0.1, 0.15) is 11.9 Å². The van der Waals surface area contributed by atoms with E-state index in [1.54, 1.807) is 46.6 Å². The Morgan fingerprint density at radius 2 is 1.76 bits per heavy atom. The maximum atomic E-state index is 13.4. The normalized spacial score (nSPS) is 18.1. The molecule has 2 fully saturated rings. The van der Waals surface area contributed by atoms with Crippen LogP contribution in [0, 0.1) is 31.1 Å². The van der Waals surface area contributed by atoms with E-state index in [4.69, 9.17) is 0 Å². The summed E-state index contributed by atoms with van der Waals surface area (Å²) in [6.45, 7) is 8.89. The standard InChI is InChI=1S/C25H31N5O3S/c1-18-6-9-30(10-7-18)34(32,33)23-16-22(15-19(2)20(23)3)25(31)29-13-11-28(12-14-29)24-21(17-26)5-4-8-27-24/h4-5,8,15-16,18H,6-7,9-14H2,1-3H3. The van der Waals surface area contributed by atoms with Crippen LogP contribution in [-0.4, -0.2) is 67.8 Å². The van der Waals surface area contributed by atoms with Gasteiger partial charge in [0, 0.05) is 51.0 Å². The first kappa shape index (κ1) is 24.2. The Balaban J connectivity index is 1.53. The van der Waals surface area contributed by atoms with E-state index in [0.717, 1.165) is 18.4 Å². The van der Waals surface area contributed by atoms with Gasteiger partial charge >= 0.3 is 0 Å². The number of hydrogen-bond acceptors (Lipinski definition) is 6. The second-order valence-electron chi connectivity index (χ2n) is 9.27. The van der Waals surface area contributed by atoms with E-state index < -0.39 is 10.0 Å². The summed E-state index contributed by atoms with van der Waals surface area (Å²) in [6, 6.07) is 8.98. The van der Waals surface area contributed by atoms with Crippen molar-refractivity contribution in [2.45, 2.75) is 38.5 Å². The summed E-state index contributed by atoms with van der Waals surface area (Å²) >= 11 is 0. The number of anilines is 1. The highest BCUT2D eigenvalue weighted by Crippen LogP contribution is 2.29. The first-order chi connectivity index (χ1) is 16.2. The van der Waals surface area contributed by atoms with Gasteiger partial charge in [0.2, 0.25) is 10.0 Å². The highest BCUT2D eigenvalue weighted by molar-refractivity contribution is 7.89. The minimum absolute atomic E-state index is 0.173. The zero-order valence-electron chi connectivity index (χ0n) is 20.0. The molecule has 8 nitrogen and oxygen atoms in total. The Morgan fingerprint density at radius 3 is 2.41 bits per heavy atom. The smallest absolute Gasteiger partial charge is 0.254 e. The number of aryl methyl sites for hydroxylation is 1. The number of sulfonamides is 1. The van der Waals surface area contributed by atoms with Crippen molar-refractivity contribution in [2.75, 3.05) is 44.2 Å². The topological polar surface area (TPSA) is 97.6 Å². The largest absolute Gasteiger partial charge is 0.352 e. The summed E-state index contributed by atoms with van der Waals surface area (Å²) in [5.41, 5.74) is 2.40. The van der Waals surface area contributed by atoms with Crippen molar-refractivity contribution in [1.29, 1.82) is 5.26 Å². The van der Waals surface area contributed by atoms with E-state index in [-0.39, 0.29) is 10.8 Å². The molecule has 2 aliphatic rings. The number of nitrogens with zero attached hydrogens (tertiary/aromatic N) is 5. The van der Waals surface area contributed by atoms with Crippen molar-refractivity contribution >= 4 is 21.7 Å². The molecule has 0 spiro atoms. The van der Waals surface area contributed by atoms with Gasteiger partial charge in [-0.05, 0) is 68.0 Å². The maximum Gasteiger partial charge on any atom is 0.254 e. The van der Waals surface area contributed by atoms with Crippen LogP contribution in [0.2, 0.25) is 0 Å².